The summed E-state index contributed by atoms with van der Waals surface area (Å²) in [4.78, 5) is 38.3. The van der Waals surface area contributed by atoms with Gasteiger partial charge >= 0.3 is 17.9 Å². The van der Waals surface area contributed by atoms with Crippen LogP contribution >= 0.6 is 0 Å². The van der Waals surface area contributed by atoms with Crippen molar-refractivity contribution in [2.24, 2.45) is 0 Å². The maximum atomic E-state index is 12.9. The quantitative estimate of drug-likeness (QED) is 0.0261. The fourth-order valence-corrected chi connectivity index (χ4v) is 9.80. The highest BCUT2D eigenvalue weighted by atomic mass is 16.6. The molecule has 0 saturated carbocycles. The molecular formula is C69H126O6. The van der Waals surface area contributed by atoms with Gasteiger partial charge in [-0.3, -0.25) is 14.4 Å². The van der Waals surface area contributed by atoms with Crippen LogP contribution in [0.4, 0.5) is 0 Å². The van der Waals surface area contributed by atoms with Gasteiger partial charge in [0.1, 0.15) is 13.2 Å². The molecule has 6 heteroatoms. The third-order valence-electron chi connectivity index (χ3n) is 14.8. The van der Waals surface area contributed by atoms with Gasteiger partial charge in [0.25, 0.3) is 0 Å². The van der Waals surface area contributed by atoms with Gasteiger partial charge in [-0.25, -0.2) is 0 Å². The molecule has 0 aromatic heterocycles. The zero-order valence-electron chi connectivity index (χ0n) is 50.3. The highest BCUT2D eigenvalue weighted by Crippen LogP contribution is 2.17. The fraction of sp³-hybridized carbons (Fsp3) is 0.841. The minimum atomic E-state index is -0.774. The molecule has 0 aliphatic heterocycles. The van der Waals surface area contributed by atoms with Crippen molar-refractivity contribution in [1.29, 1.82) is 0 Å². The van der Waals surface area contributed by atoms with E-state index in [9.17, 15) is 14.4 Å². The van der Waals surface area contributed by atoms with Gasteiger partial charge in [-0.2, -0.15) is 0 Å². The van der Waals surface area contributed by atoms with Gasteiger partial charge in [0.2, 0.25) is 0 Å². The summed E-state index contributed by atoms with van der Waals surface area (Å²) >= 11 is 0. The van der Waals surface area contributed by atoms with Crippen LogP contribution in [0.2, 0.25) is 0 Å². The van der Waals surface area contributed by atoms with Gasteiger partial charge in [0.05, 0.1) is 0 Å². The normalized spacial score (nSPS) is 12.3. The van der Waals surface area contributed by atoms with E-state index in [1.165, 1.54) is 238 Å². The lowest BCUT2D eigenvalue weighted by Crippen LogP contribution is -2.30. The van der Waals surface area contributed by atoms with E-state index < -0.39 is 6.10 Å². The van der Waals surface area contributed by atoms with Crippen molar-refractivity contribution >= 4 is 17.9 Å². The van der Waals surface area contributed by atoms with Gasteiger partial charge in [-0.05, 0) is 83.5 Å². The van der Waals surface area contributed by atoms with Crippen molar-refractivity contribution in [2.75, 3.05) is 13.2 Å². The van der Waals surface area contributed by atoms with Crippen LogP contribution in [0.5, 0.6) is 0 Å². The van der Waals surface area contributed by atoms with Crippen molar-refractivity contribution in [3.05, 3.63) is 48.6 Å². The van der Waals surface area contributed by atoms with E-state index in [0.29, 0.717) is 19.3 Å². The molecule has 1 atom stereocenters. The average Bonchev–Trinajstić information content (AvgIpc) is 3.41. The molecule has 75 heavy (non-hydrogen) atoms. The van der Waals surface area contributed by atoms with Crippen molar-refractivity contribution in [1.82, 2.24) is 0 Å². The van der Waals surface area contributed by atoms with Crippen LogP contribution in [0, 0.1) is 0 Å². The molecule has 0 amide bonds. The molecule has 0 rings (SSSR count). The summed E-state index contributed by atoms with van der Waals surface area (Å²) in [5.74, 6) is -0.860. The van der Waals surface area contributed by atoms with Crippen molar-refractivity contribution in [2.45, 2.75) is 361 Å². The van der Waals surface area contributed by atoms with Gasteiger partial charge in [-0.1, -0.05) is 301 Å². The molecule has 0 saturated heterocycles. The lowest BCUT2D eigenvalue weighted by atomic mass is 10.0. The number of esters is 3. The SMILES string of the molecule is CCCCCC/C=C\CCCCCCCC(=O)OCC(COC(=O)CCCCCCCCCCCCCCCC/C=C\C/C=C\C/C=C\CCCCCCC)OC(=O)CCCCCCCCCCCCCCCCC. The summed E-state index contributed by atoms with van der Waals surface area (Å²) in [7, 11) is 0. The first kappa shape index (κ1) is 72.4. The average molecular weight is 1050 g/mol. The van der Waals surface area contributed by atoms with Crippen LogP contribution < -0.4 is 0 Å². The predicted molar refractivity (Wildman–Crippen MR) is 325 cm³/mol. The summed E-state index contributed by atoms with van der Waals surface area (Å²) in [5, 5.41) is 0. The van der Waals surface area contributed by atoms with E-state index in [1.54, 1.807) is 0 Å². The Balaban J connectivity index is 4.19. The Bertz CT molecular complexity index is 1300. The molecule has 6 nitrogen and oxygen atoms in total. The topological polar surface area (TPSA) is 78.9 Å². The van der Waals surface area contributed by atoms with Gasteiger partial charge in [0.15, 0.2) is 6.10 Å². The lowest BCUT2D eigenvalue weighted by molar-refractivity contribution is -0.167. The second-order valence-corrected chi connectivity index (χ2v) is 22.4. The van der Waals surface area contributed by atoms with Crippen LogP contribution in [0.1, 0.15) is 355 Å². The Hall–Kier alpha value is -2.63. The van der Waals surface area contributed by atoms with Gasteiger partial charge in [0, 0.05) is 19.3 Å². The number of hydrogen-bond donors (Lipinski definition) is 0. The second kappa shape index (κ2) is 63.9. The van der Waals surface area contributed by atoms with Crippen LogP contribution in [0.25, 0.3) is 0 Å². The maximum Gasteiger partial charge on any atom is 0.306 e. The summed E-state index contributed by atoms with van der Waals surface area (Å²) in [6.07, 6.45) is 79.8. The van der Waals surface area contributed by atoms with E-state index in [-0.39, 0.29) is 31.1 Å². The van der Waals surface area contributed by atoms with Crippen molar-refractivity contribution in [3.63, 3.8) is 0 Å². The van der Waals surface area contributed by atoms with Crippen molar-refractivity contribution < 1.29 is 28.6 Å². The summed E-state index contributed by atoms with van der Waals surface area (Å²) in [6.45, 7) is 6.66. The summed E-state index contributed by atoms with van der Waals surface area (Å²) in [6, 6.07) is 0. The Morgan fingerprint density at radius 3 is 0.773 bits per heavy atom. The molecule has 0 aliphatic rings. The molecule has 0 N–H and O–H groups in total. The lowest BCUT2D eigenvalue weighted by Gasteiger charge is -2.18. The number of ether oxygens (including phenoxy) is 3. The van der Waals surface area contributed by atoms with E-state index in [0.717, 1.165) is 77.0 Å². The van der Waals surface area contributed by atoms with Crippen molar-refractivity contribution in [3.8, 4) is 0 Å². The zero-order valence-corrected chi connectivity index (χ0v) is 50.3. The molecule has 0 spiro atoms. The third-order valence-corrected chi connectivity index (χ3v) is 14.8. The van der Waals surface area contributed by atoms with Crippen LogP contribution in [-0.4, -0.2) is 37.2 Å². The molecule has 0 aliphatic carbocycles. The van der Waals surface area contributed by atoms with Crippen LogP contribution in [-0.2, 0) is 28.6 Å². The minimum absolute atomic E-state index is 0.0716. The number of allylic oxidation sites excluding steroid dienone is 8. The van der Waals surface area contributed by atoms with E-state index in [4.69, 9.17) is 14.2 Å². The Kier molecular flexibility index (Phi) is 61.7. The van der Waals surface area contributed by atoms with Gasteiger partial charge in [-0.15, -0.1) is 0 Å². The summed E-state index contributed by atoms with van der Waals surface area (Å²) in [5.41, 5.74) is 0. The highest BCUT2D eigenvalue weighted by Gasteiger charge is 2.19. The molecule has 1 unspecified atom stereocenters. The Labute approximate surface area is 467 Å². The fourth-order valence-electron chi connectivity index (χ4n) is 9.80. The van der Waals surface area contributed by atoms with Crippen LogP contribution in [0.3, 0.4) is 0 Å². The van der Waals surface area contributed by atoms with Crippen LogP contribution in [0.15, 0.2) is 48.6 Å². The standard InChI is InChI=1S/C69H126O6/c1-4-7-10-13-16-19-22-25-27-28-29-30-31-32-33-34-35-36-37-38-39-40-42-44-47-50-53-56-59-62-68(71)74-65-66(64-73-67(70)61-58-55-52-49-46-43-24-21-18-15-12-9-6-3)75-69(72)63-60-57-54-51-48-45-41-26-23-20-17-14-11-8-5-2/h21-22,24-25,28-29,31-32,66H,4-20,23,26-27,30,33-65H2,1-3H3/b24-21-,25-22-,29-28-,32-31-. The minimum Gasteiger partial charge on any atom is -0.462 e. The smallest absolute Gasteiger partial charge is 0.306 e. The van der Waals surface area contributed by atoms with E-state index in [1.807, 2.05) is 0 Å². The van der Waals surface area contributed by atoms with E-state index >= 15 is 0 Å². The first-order valence-electron chi connectivity index (χ1n) is 33.1. The molecule has 0 aromatic carbocycles. The molecular weight excluding hydrogens is 925 g/mol. The number of carbonyl (C=O) groups is 3. The third kappa shape index (κ3) is 62.1. The van der Waals surface area contributed by atoms with E-state index in [2.05, 4.69) is 69.4 Å². The number of hydrogen-bond acceptors (Lipinski definition) is 6. The first-order valence-corrected chi connectivity index (χ1v) is 33.1. The number of rotatable bonds is 61. The zero-order chi connectivity index (χ0) is 54.3. The first-order chi connectivity index (χ1) is 37.0. The number of unbranched alkanes of at least 4 members (excludes halogenated alkanes) is 42. The van der Waals surface area contributed by atoms with Gasteiger partial charge < -0.3 is 14.2 Å². The molecule has 0 aromatic rings. The summed E-state index contributed by atoms with van der Waals surface area (Å²) < 4.78 is 16.9. The molecule has 0 fully saturated rings. The molecule has 0 bridgehead atoms. The number of carbonyl (C=O) groups excluding carboxylic acids is 3. The largest absolute Gasteiger partial charge is 0.462 e. The predicted octanol–water partition coefficient (Wildman–Crippen LogP) is 22.6. The maximum absolute atomic E-state index is 12.9. The second-order valence-electron chi connectivity index (χ2n) is 22.4. The molecule has 0 heterocycles. The Morgan fingerprint density at radius 1 is 0.267 bits per heavy atom. The molecule has 0 radical (unpaired) electrons. The molecule has 438 valence electrons. The monoisotopic (exact) mass is 1050 g/mol. The Morgan fingerprint density at radius 2 is 0.480 bits per heavy atom. The highest BCUT2D eigenvalue weighted by molar-refractivity contribution is 5.71.